The lowest BCUT2D eigenvalue weighted by molar-refractivity contribution is -0.384. The Bertz CT molecular complexity index is 1430. The molecule has 0 saturated carbocycles. The SMILES string of the molecule is COC(=O)C1=C(C)N=C2SCCC(=O)N2[C@@H]1c1cn(-c2ccccc2)nc1-c1ccc([N+](=O)[O-])cc1. The summed E-state index contributed by atoms with van der Waals surface area (Å²) in [6.07, 6.45) is 2.08. The van der Waals surface area contributed by atoms with Gasteiger partial charge in [-0.15, -0.1) is 0 Å². The second-order valence-corrected chi connectivity index (χ2v) is 9.23. The molecule has 0 radical (unpaired) electrons. The van der Waals surface area contributed by atoms with Crippen molar-refractivity contribution in [2.45, 2.75) is 19.4 Å². The molecule has 10 nitrogen and oxygen atoms in total. The lowest BCUT2D eigenvalue weighted by Gasteiger charge is -2.38. The molecule has 0 spiro atoms. The number of amides is 1. The van der Waals surface area contributed by atoms with Gasteiger partial charge >= 0.3 is 5.97 Å². The summed E-state index contributed by atoms with van der Waals surface area (Å²) in [6.45, 7) is 1.72. The molecule has 2 aliphatic rings. The summed E-state index contributed by atoms with van der Waals surface area (Å²) in [5.74, 6) is -0.153. The molecule has 2 aromatic carbocycles. The molecule has 5 rings (SSSR count). The molecule has 0 bridgehead atoms. The van der Waals surface area contributed by atoms with Crippen molar-refractivity contribution in [2.75, 3.05) is 12.9 Å². The van der Waals surface area contributed by atoms with Gasteiger partial charge in [0.15, 0.2) is 5.17 Å². The van der Waals surface area contributed by atoms with Crippen LogP contribution in [0.1, 0.15) is 24.9 Å². The minimum atomic E-state index is -0.826. The van der Waals surface area contributed by atoms with E-state index >= 15 is 0 Å². The van der Waals surface area contributed by atoms with Crippen LogP contribution in [0.15, 0.2) is 77.1 Å². The lowest BCUT2D eigenvalue weighted by Crippen LogP contribution is -2.45. The van der Waals surface area contributed by atoms with E-state index in [1.807, 2.05) is 30.3 Å². The third-order valence-electron chi connectivity index (χ3n) is 6.02. The number of methoxy groups -OCH3 is 1. The van der Waals surface area contributed by atoms with Gasteiger partial charge in [0.25, 0.3) is 5.69 Å². The summed E-state index contributed by atoms with van der Waals surface area (Å²) >= 11 is 1.45. The molecule has 182 valence electrons. The number of nitro groups is 1. The maximum absolute atomic E-state index is 13.2. The van der Waals surface area contributed by atoms with Crippen LogP contribution in [0.2, 0.25) is 0 Å². The summed E-state index contributed by atoms with van der Waals surface area (Å²) in [6, 6.07) is 14.6. The molecule has 0 N–H and O–H groups in total. The first-order chi connectivity index (χ1) is 17.4. The average Bonchev–Trinajstić information content (AvgIpc) is 3.33. The number of benzene rings is 2. The van der Waals surface area contributed by atoms with Gasteiger partial charge in [-0.1, -0.05) is 30.0 Å². The molecule has 1 saturated heterocycles. The van der Waals surface area contributed by atoms with E-state index in [0.29, 0.717) is 39.9 Å². The van der Waals surface area contributed by atoms with Crippen LogP contribution >= 0.6 is 11.8 Å². The molecular formula is C25H21N5O5S. The van der Waals surface area contributed by atoms with Crippen LogP contribution in [0.3, 0.4) is 0 Å². The Morgan fingerprint density at radius 3 is 2.56 bits per heavy atom. The highest BCUT2D eigenvalue weighted by Crippen LogP contribution is 2.43. The number of hydrogen-bond donors (Lipinski definition) is 0. The van der Waals surface area contributed by atoms with Gasteiger partial charge in [-0.2, -0.15) is 5.10 Å². The second-order valence-electron chi connectivity index (χ2n) is 8.17. The Morgan fingerprint density at radius 2 is 1.89 bits per heavy atom. The summed E-state index contributed by atoms with van der Waals surface area (Å²) in [5, 5.41) is 16.5. The molecular weight excluding hydrogens is 482 g/mol. The van der Waals surface area contributed by atoms with Crippen molar-refractivity contribution in [3.05, 3.63) is 87.7 Å². The van der Waals surface area contributed by atoms with Crippen LogP contribution in [-0.4, -0.2) is 49.5 Å². The first kappa shape index (κ1) is 23.5. The van der Waals surface area contributed by atoms with Crippen molar-refractivity contribution in [1.82, 2.24) is 14.7 Å². The van der Waals surface area contributed by atoms with E-state index < -0.39 is 16.9 Å². The van der Waals surface area contributed by atoms with Gasteiger partial charge in [-0.25, -0.2) is 14.5 Å². The maximum atomic E-state index is 13.2. The molecule has 36 heavy (non-hydrogen) atoms. The smallest absolute Gasteiger partial charge is 0.338 e. The predicted molar refractivity (Wildman–Crippen MR) is 134 cm³/mol. The number of thioether (sulfide) groups is 1. The average molecular weight is 504 g/mol. The standard InChI is InChI=1S/C25H21N5O5S/c1-15-21(24(32)35-2)23(29-20(31)12-13-36-25(29)26-15)19-14-28(17-6-4-3-5-7-17)27-22(19)16-8-10-18(11-9-16)30(33)34/h3-11,14,23H,12-13H2,1-2H3/t23-/m1/s1. The van der Waals surface area contributed by atoms with Crippen molar-refractivity contribution in [3.8, 4) is 16.9 Å². The number of aromatic nitrogens is 2. The minimum Gasteiger partial charge on any atom is -0.466 e. The van der Waals surface area contributed by atoms with Crippen molar-refractivity contribution >= 4 is 34.5 Å². The third kappa shape index (κ3) is 4.07. The number of nitrogens with zero attached hydrogens (tertiary/aromatic N) is 5. The second kappa shape index (κ2) is 9.42. The zero-order valence-electron chi connectivity index (χ0n) is 19.5. The Kier molecular flexibility index (Phi) is 6.15. The van der Waals surface area contributed by atoms with Crippen molar-refractivity contribution < 1.29 is 19.2 Å². The summed E-state index contributed by atoms with van der Waals surface area (Å²) in [7, 11) is 1.29. The molecule has 11 heteroatoms. The topological polar surface area (TPSA) is 120 Å². The molecule has 1 aromatic heterocycles. The van der Waals surface area contributed by atoms with Gasteiger partial charge in [-0.3, -0.25) is 19.8 Å². The van der Waals surface area contributed by atoms with Crippen LogP contribution in [-0.2, 0) is 14.3 Å². The van der Waals surface area contributed by atoms with E-state index in [0.717, 1.165) is 5.69 Å². The molecule has 2 aliphatic heterocycles. The Hall–Kier alpha value is -4.25. The van der Waals surface area contributed by atoms with Crippen LogP contribution in [0.5, 0.6) is 0 Å². The van der Waals surface area contributed by atoms with E-state index in [1.165, 1.54) is 35.9 Å². The number of fused-ring (bicyclic) bond motifs is 1. The summed E-state index contributed by atoms with van der Waals surface area (Å²) in [4.78, 5) is 43.0. The number of non-ortho nitro benzene ring substituents is 1. The first-order valence-corrected chi connectivity index (χ1v) is 12.1. The van der Waals surface area contributed by atoms with Crippen molar-refractivity contribution in [1.29, 1.82) is 0 Å². The maximum Gasteiger partial charge on any atom is 0.338 e. The number of ether oxygens (including phenoxy) is 1. The zero-order chi connectivity index (χ0) is 25.4. The highest BCUT2D eigenvalue weighted by molar-refractivity contribution is 8.14. The van der Waals surface area contributed by atoms with E-state index in [1.54, 1.807) is 29.9 Å². The van der Waals surface area contributed by atoms with Gasteiger partial charge in [0.05, 0.1) is 34.7 Å². The van der Waals surface area contributed by atoms with Crippen LogP contribution in [0, 0.1) is 10.1 Å². The summed E-state index contributed by atoms with van der Waals surface area (Å²) in [5.41, 5.74) is 3.09. The monoisotopic (exact) mass is 503 g/mol. The van der Waals surface area contributed by atoms with Gasteiger partial charge in [0.1, 0.15) is 6.04 Å². The number of allylic oxidation sites excluding steroid dienone is 1. The van der Waals surface area contributed by atoms with Crippen molar-refractivity contribution in [3.63, 3.8) is 0 Å². The number of rotatable bonds is 5. The Morgan fingerprint density at radius 1 is 1.17 bits per heavy atom. The zero-order valence-corrected chi connectivity index (χ0v) is 20.3. The highest BCUT2D eigenvalue weighted by atomic mass is 32.2. The number of esters is 1. The fourth-order valence-corrected chi connectivity index (χ4v) is 5.33. The van der Waals surface area contributed by atoms with E-state index in [4.69, 9.17) is 9.84 Å². The van der Waals surface area contributed by atoms with E-state index in [2.05, 4.69) is 4.99 Å². The Labute approximate surface area is 210 Å². The van der Waals surface area contributed by atoms with Crippen LogP contribution < -0.4 is 0 Å². The molecule has 3 aromatic rings. The highest BCUT2D eigenvalue weighted by Gasteiger charge is 2.43. The van der Waals surface area contributed by atoms with Gasteiger partial charge in [-0.05, 0) is 31.2 Å². The number of carbonyl (C=O) groups excluding carboxylic acids is 2. The predicted octanol–water partition coefficient (Wildman–Crippen LogP) is 4.27. The summed E-state index contributed by atoms with van der Waals surface area (Å²) < 4.78 is 6.76. The number of para-hydroxylation sites is 1. The molecule has 0 aliphatic carbocycles. The normalized spacial score (nSPS) is 17.5. The molecule has 0 unspecified atom stereocenters. The van der Waals surface area contributed by atoms with Gasteiger partial charge < -0.3 is 4.74 Å². The number of hydrogen-bond acceptors (Lipinski definition) is 8. The number of amidine groups is 1. The number of nitro benzene ring substituents is 1. The van der Waals surface area contributed by atoms with Crippen LogP contribution in [0.4, 0.5) is 5.69 Å². The fraction of sp³-hybridized carbons (Fsp3) is 0.200. The van der Waals surface area contributed by atoms with E-state index in [9.17, 15) is 19.7 Å². The third-order valence-corrected chi connectivity index (χ3v) is 6.98. The first-order valence-electron chi connectivity index (χ1n) is 11.1. The number of carbonyl (C=O) groups is 2. The van der Waals surface area contributed by atoms with Crippen LogP contribution in [0.25, 0.3) is 16.9 Å². The largest absolute Gasteiger partial charge is 0.466 e. The van der Waals surface area contributed by atoms with E-state index in [-0.39, 0.29) is 17.2 Å². The molecule has 1 amide bonds. The molecule has 3 heterocycles. The molecule has 1 fully saturated rings. The lowest BCUT2D eigenvalue weighted by atomic mass is 9.92. The van der Waals surface area contributed by atoms with Gasteiger partial charge in [0.2, 0.25) is 5.91 Å². The van der Waals surface area contributed by atoms with Gasteiger partial charge in [0, 0.05) is 41.6 Å². The molecule has 1 atom stereocenters. The number of aliphatic imine (C=N–C) groups is 1. The minimum absolute atomic E-state index is 0.0523. The van der Waals surface area contributed by atoms with Crippen molar-refractivity contribution in [2.24, 2.45) is 4.99 Å². The fourth-order valence-electron chi connectivity index (χ4n) is 4.33. The quantitative estimate of drug-likeness (QED) is 0.290. The Balaban J connectivity index is 1.75.